The fourth-order valence-electron chi connectivity index (χ4n) is 3.24. The minimum absolute atomic E-state index is 0.484. The molecule has 1 fully saturated rings. The third-order valence-corrected chi connectivity index (χ3v) is 5.53. The number of thiophene rings is 1. The molecule has 6 heteroatoms. The van der Waals surface area contributed by atoms with Crippen molar-refractivity contribution in [3.8, 4) is 0 Å². The summed E-state index contributed by atoms with van der Waals surface area (Å²) in [5.74, 6) is 1.10. The summed E-state index contributed by atoms with van der Waals surface area (Å²) in [5, 5.41) is 1.21. The Morgan fingerprint density at radius 3 is 3.14 bits per heavy atom. The molecule has 0 bridgehead atoms. The maximum Gasteiger partial charge on any atom is 0.141 e. The highest BCUT2D eigenvalue weighted by molar-refractivity contribution is 7.18. The molecule has 0 spiro atoms. The van der Waals surface area contributed by atoms with Crippen LogP contribution in [0.5, 0.6) is 0 Å². The predicted octanol–water partition coefficient (Wildman–Crippen LogP) is 3.12. The van der Waals surface area contributed by atoms with Gasteiger partial charge < -0.3 is 9.47 Å². The van der Waals surface area contributed by atoms with Crippen LogP contribution in [0.15, 0.2) is 31.1 Å². The largest absolute Gasteiger partial charge is 0.351 e. The second-order valence-electron chi connectivity index (χ2n) is 5.73. The summed E-state index contributed by atoms with van der Waals surface area (Å²) in [6.07, 6.45) is 11.0. The zero-order chi connectivity index (χ0) is 14.9. The van der Waals surface area contributed by atoms with Gasteiger partial charge in [0.25, 0.3) is 0 Å². The molecule has 3 aromatic rings. The SMILES string of the molecule is CCc1cc2c(N3CCCC3Cn3ccnc3)ncnc2s1. The zero-order valence-electron chi connectivity index (χ0n) is 12.6. The zero-order valence-corrected chi connectivity index (χ0v) is 13.5. The van der Waals surface area contributed by atoms with Crippen LogP contribution in [0, 0.1) is 0 Å². The van der Waals surface area contributed by atoms with Gasteiger partial charge >= 0.3 is 0 Å². The van der Waals surface area contributed by atoms with Crippen LogP contribution >= 0.6 is 11.3 Å². The van der Waals surface area contributed by atoms with Gasteiger partial charge in [-0.3, -0.25) is 0 Å². The lowest BCUT2D eigenvalue weighted by Gasteiger charge is -2.26. The van der Waals surface area contributed by atoms with Crippen LogP contribution in [0.3, 0.4) is 0 Å². The highest BCUT2D eigenvalue weighted by Gasteiger charge is 2.27. The monoisotopic (exact) mass is 313 g/mol. The molecule has 1 atom stereocenters. The Morgan fingerprint density at radius 2 is 2.32 bits per heavy atom. The number of hydrogen-bond donors (Lipinski definition) is 0. The number of anilines is 1. The third-order valence-electron chi connectivity index (χ3n) is 4.34. The van der Waals surface area contributed by atoms with Crippen molar-refractivity contribution in [1.82, 2.24) is 19.5 Å². The number of aromatic nitrogens is 4. The molecule has 0 aliphatic carbocycles. The average molecular weight is 313 g/mol. The fourth-order valence-corrected chi connectivity index (χ4v) is 4.17. The average Bonchev–Trinajstić information content (AvgIpc) is 3.27. The lowest BCUT2D eigenvalue weighted by Crippen LogP contribution is -2.33. The number of hydrogen-bond acceptors (Lipinski definition) is 5. The van der Waals surface area contributed by atoms with Crippen LogP contribution < -0.4 is 4.90 Å². The number of fused-ring (bicyclic) bond motifs is 1. The van der Waals surface area contributed by atoms with Crippen molar-refractivity contribution < 1.29 is 0 Å². The first-order chi connectivity index (χ1) is 10.8. The molecule has 5 nitrogen and oxygen atoms in total. The maximum absolute atomic E-state index is 4.61. The van der Waals surface area contributed by atoms with Crippen molar-refractivity contribution in [3.05, 3.63) is 36.0 Å². The Balaban J connectivity index is 1.69. The Kier molecular flexibility index (Phi) is 3.54. The summed E-state index contributed by atoms with van der Waals surface area (Å²) in [4.78, 5) is 18.1. The van der Waals surface area contributed by atoms with Crippen LogP contribution in [0.25, 0.3) is 10.2 Å². The van der Waals surface area contributed by atoms with Gasteiger partial charge in [0.15, 0.2) is 0 Å². The molecule has 1 unspecified atom stereocenters. The molecule has 0 saturated carbocycles. The van der Waals surface area contributed by atoms with Gasteiger partial charge in [0.1, 0.15) is 17.0 Å². The van der Waals surface area contributed by atoms with Gasteiger partial charge in [-0.2, -0.15) is 0 Å². The highest BCUT2D eigenvalue weighted by atomic mass is 32.1. The molecule has 3 aromatic heterocycles. The molecule has 4 heterocycles. The molecule has 1 aliphatic heterocycles. The first kappa shape index (κ1) is 13.7. The maximum atomic E-state index is 4.61. The minimum Gasteiger partial charge on any atom is -0.351 e. The molecule has 22 heavy (non-hydrogen) atoms. The van der Waals surface area contributed by atoms with E-state index in [1.165, 1.54) is 23.1 Å². The van der Waals surface area contributed by atoms with Gasteiger partial charge in [-0.05, 0) is 25.3 Å². The van der Waals surface area contributed by atoms with Crippen molar-refractivity contribution >= 4 is 27.4 Å². The van der Waals surface area contributed by atoms with E-state index in [9.17, 15) is 0 Å². The lowest BCUT2D eigenvalue weighted by atomic mass is 10.2. The van der Waals surface area contributed by atoms with Crippen LogP contribution in [0.1, 0.15) is 24.6 Å². The summed E-state index contributed by atoms with van der Waals surface area (Å²) < 4.78 is 2.16. The molecule has 0 aromatic carbocycles. The molecule has 1 saturated heterocycles. The van der Waals surface area contributed by atoms with E-state index < -0.39 is 0 Å². The van der Waals surface area contributed by atoms with Gasteiger partial charge in [0.05, 0.1) is 11.7 Å². The smallest absolute Gasteiger partial charge is 0.141 e. The van der Waals surface area contributed by atoms with Gasteiger partial charge in [0.2, 0.25) is 0 Å². The van der Waals surface area contributed by atoms with Crippen LogP contribution in [-0.4, -0.2) is 32.1 Å². The number of rotatable bonds is 4. The molecular weight excluding hydrogens is 294 g/mol. The minimum atomic E-state index is 0.484. The first-order valence-corrected chi connectivity index (χ1v) is 8.62. The molecule has 4 rings (SSSR count). The van der Waals surface area contributed by atoms with Gasteiger partial charge in [-0.25, -0.2) is 15.0 Å². The fraction of sp³-hybridized carbons (Fsp3) is 0.438. The number of nitrogens with zero attached hydrogens (tertiary/aromatic N) is 5. The van der Waals surface area contributed by atoms with Crippen LogP contribution in [0.2, 0.25) is 0 Å². The van der Waals surface area contributed by atoms with Crippen molar-refractivity contribution in [2.24, 2.45) is 0 Å². The van der Waals surface area contributed by atoms with Gasteiger partial charge in [-0.15, -0.1) is 11.3 Å². The molecule has 0 N–H and O–H groups in total. The van der Waals surface area contributed by atoms with Gasteiger partial charge in [0, 0.05) is 36.4 Å². The Hall–Kier alpha value is -1.95. The van der Waals surface area contributed by atoms with Crippen LogP contribution in [-0.2, 0) is 13.0 Å². The predicted molar refractivity (Wildman–Crippen MR) is 89.4 cm³/mol. The third kappa shape index (κ3) is 2.37. The number of aryl methyl sites for hydroxylation is 1. The quantitative estimate of drug-likeness (QED) is 0.742. The van der Waals surface area contributed by atoms with E-state index in [-0.39, 0.29) is 0 Å². The molecule has 1 aliphatic rings. The molecule has 0 amide bonds. The number of imidazole rings is 1. The van der Waals surface area contributed by atoms with Crippen molar-refractivity contribution in [3.63, 3.8) is 0 Å². The van der Waals surface area contributed by atoms with Crippen LogP contribution in [0.4, 0.5) is 5.82 Å². The summed E-state index contributed by atoms with van der Waals surface area (Å²) in [6.45, 7) is 4.23. The summed E-state index contributed by atoms with van der Waals surface area (Å²) >= 11 is 1.78. The second-order valence-corrected chi connectivity index (χ2v) is 6.85. The Bertz CT molecular complexity index is 764. The van der Waals surface area contributed by atoms with Crippen molar-refractivity contribution in [1.29, 1.82) is 0 Å². The van der Waals surface area contributed by atoms with E-state index in [1.54, 1.807) is 17.7 Å². The van der Waals surface area contributed by atoms with Crippen molar-refractivity contribution in [2.75, 3.05) is 11.4 Å². The highest BCUT2D eigenvalue weighted by Crippen LogP contribution is 2.34. The van der Waals surface area contributed by atoms with E-state index in [0.29, 0.717) is 6.04 Å². The summed E-state index contributed by atoms with van der Waals surface area (Å²) in [5.41, 5.74) is 0. The second kappa shape index (κ2) is 5.68. The Labute approximate surface area is 133 Å². The topological polar surface area (TPSA) is 46.8 Å². The van der Waals surface area contributed by atoms with E-state index in [1.807, 2.05) is 18.7 Å². The molecular formula is C16H19N5S. The van der Waals surface area contributed by atoms with E-state index in [4.69, 9.17) is 0 Å². The lowest BCUT2D eigenvalue weighted by molar-refractivity contribution is 0.548. The molecule has 114 valence electrons. The standard InChI is InChI=1S/C16H19N5S/c1-2-13-8-14-15(18-10-19-16(14)22-13)21-6-3-4-12(21)9-20-7-5-17-11-20/h5,7-8,10-12H,2-4,6,9H2,1H3. The Morgan fingerprint density at radius 1 is 1.36 bits per heavy atom. The van der Waals surface area contributed by atoms with Crippen molar-refractivity contribution in [2.45, 2.75) is 38.8 Å². The summed E-state index contributed by atoms with van der Waals surface area (Å²) in [6, 6.07) is 2.75. The van der Waals surface area contributed by atoms with E-state index in [0.717, 1.165) is 30.2 Å². The summed E-state index contributed by atoms with van der Waals surface area (Å²) in [7, 11) is 0. The first-order valence-electron chi connectivity index (χ1n) is 7.81. The van der Waals surface area contributed by atoms with Gasteiger partial charge in [-0.1, -0.05) is 6.92 Å². The van der Waals surface area contributed by atoms with E-state index >= 15 is 0 Å². The molecule has 0 radical (unpaired) electrons. The van der Waals surface area contributed by atoms with E-state index in [2.05, 4.69) is 37.4 Å². The normalized spacial score (nSPS) is 18.4.